The van der Waals surface area contributed by atoms with Gasteiger partial charge in [0, 0.05) is 39.1 Å². The minimum Gasteiger partial charge on any atom is -0.444 e. The average Bonchev–Trinajstić information content (AvgIpc) is 2.74. The van der Waals surface area contributed by atoms with Crippen LogP contribution in [0.3, 0.4) is 0 Å². The van der Waals surface area contributed by atoms with Crippen molar-refractivity contribution in [2.24, 2.45) is 0 Å². The number of ether oxygens (including phenoxy) is 1. The Labute approximate surface area is 121 Å². The van der Waals surface area contributed by atoms with Gasteiger partial charge in [-0.3, -0.25) is 4.79 Å². The largest absolute Gasteiger partial charge is 0.444 e. The van der Waals surface area contributed by atoms with Crippen molar-refractivity contribution < 1.29 is 14.3 Å². The number of likely N-dealkylation sites (tertiary alicyclic amines) is 1. The highest BCUT2D eigenvalue weighted by Crippen LogP contribution is 2.20. The van der Waals surface area contributed by atoms with Crippen LogP contribution in [0.2, 0.25) is 0 Å². The number of nitrogens with one attached hydrogen (secondary N) is 2. The first kappa shape index (κ1) is 16.8. The molecule has 0 radical (unpaired) electrons. The Morgan fingerprint density at radius 1 is 1.30 bits per heavy atom. The summed E-state index contributed by atoms with van der Waals surface area (Å²) < 4.78 is 5.41. The van der Waals surface area contributed by atoms with Crippen LogP contribution in [0.4, 0.5) is 4.79 Å². The molecule has 1 heterocycles. The Hall–Kier alpha value is -1.30. The first-order chi connectivity index (χ1) is 9.29. The summed E-state index contributed by atoms with van der Waals surface area (Å²) in [5.74, 6) is -0.0250. The van der Waals surface area contributed by atoms with Gasteiger partial charge in [-0.1, -0.05) is 0 Å². The van der Waals surface area contributed by atoms with Crippen molar-refractivity contribution in [1.29, 1.82) is 0 Å². The molecule has 1 atom stereocenters. The van der Waals surface area contributed by atoms with E-state index in [9.17, 15) is 9.59 Å². The van der Waals surface area contributed by atoms with Crippen molar-refractivity contribution >= 4 is 12.0 Å². The van der Waals surface area contributed by atoms with Gasteiger partial charge in [0.1, 0.15) is 5.60 Å². The minimum absolute atomic E-state index is 0.0250. The lowest BCUT2D eigenvalue weighted by atomic mass is 10.2. The van der Waals surface area contributed by atoms with Gasteiger partial charge in [-0.25, -0.2) is 4.79 Å². The van der Waals surface area contributed by atoms with Crippen LogP contribution in [0, 0.1) is 0 Å². The summed E-state index contributed by atoms with van der Waals surface area (Å²) in [6, 6.07) is 0.183. The van der Waals surface area contributed by atoms with Gasteiger partial charge in [0.25, 0.3) is 0 Å². The predicted molar refractivity (Wildman–Crippen MR) is 77.5 cm³/mol. The maximum Gasteiger partial charge on any atom is 0.410 e. The van der Waals surface area contributed by atoms with Crippen LogP contribution in [-0.4, -0.2) is 54.7 Å². The van der Waals surface area contributed by atoms with Crippen molar-refractivity contribution in [2.45, 2.75) is 52.2 Å². The zero-order chi connectivity index (χ0) is 15.2. The number of hydrogen-bond acceptors (Lipinski definition) is 4. The number of carbonyl (C=O) groups excluding carboxylic acids is 2. The first-order valence-corrected chi connectivity index (χ1v) is 7.24. The van der Waals surface area contributed by atoms with E-state index in [1.807, 2.05) is 20.8 Å². The van der Waals surface area contributed by atoms with Gasteiger partial charge in [0.15, 0.2) is 0 Å². The molecular weight excluding hydrogens is 258 g/mol. The van der Waals surface area contributed by atoms with Crippen LogP contribution < -0.4 is 10.6 Å². The molecule has 1 unspecified atom stereocenters. The van der Waals surface area contributed by atoms with Gasteiger partial charge in [-0.05, 0) is 33.6 Å². The van der Waals surface area contributed by atoms with E-state index in [4.69, 9.17) is 4.74 Å². The fourth-order valence-electron chi connectivity index (χ4n) is 2.20. The van der Waals surface area contributed by atoms with Crippen LogP contribution in [0.1, 0.15) is 40.5 Å². The van der Waals surface area contributed by atoms with E-state index in [-0.39, 0.29) is 18.0 Å². The summed E-state index contributed by atoms with van der Waals surface area (Å²) in [6.45, 7) is 9.94. The normalized spacial score (nSPS) is 19.0. The highest BCUT2D eigenvalue weighted by Gasteiger charge is 2.31. The van der Waals surface area contributed by atoms with Gasteiger partial charge in [-0.2, -0.15) is 0 Å². The monoisotopic (exact) mass is 285 g/mol. The number of amides is 2. The molecule has 1 fully saturated rings. The average molecular weight is 285 g/mol. The molecule has 2 N–H and O–H groups in total. The molecule has 20 heavy (non-hydrogen) atoms. The molecule has 1 aliphatic heterocycles. The van der Waals surface area contributed by atoms with E-state index in [2.05, 4.69) is 10.6 Å². The molecule has 2 amide bonds. The molecule has 6 heteroatoms. The Kier molecular flexibility index (Phi) is 6.26. The van der Waals surface area contributed by atoms with Gasteiger partial charge >= 0.3 is 6.09 Å². The van der Waals surface area contributed by atoms with Crippen molar-refractivity contribution in [1.82, 2.24) is 15.5 Å². The SMILES string of the molecule is CC(=O)NCCNCC1CCCN1C(=O)OC(C)(C)C. The number of carbonyl (C=O) groups is 2. The standard InChI is InChI=1S/C14H27N3O3/c1-11(18)16-8-7-15-10-12-6-5-9-17(12)13(19)20-14(2,3)4/h12,15H,5-10H2,1-4H3,(H,16,18). The van der Waals surface area contributed by atoms with Crippen molar-refractivity contribution in [3.8, 4) is 0 Å². The summed E-state index contributed by atoms with van der Waals surface area (Å²) in [5.41, 5.74) is -0.455. The molecular formula is C14H27N3O3. The first-order valence-electron chi connectivity index (χ1n) is 7.24. The molecule has 0 spiro atoms. The second kappa shape index (κ2) is 7.47. The van der Waals surface area contributed by atoms with E-state index >= 15 is 0 Å². The topological polar surface area (TPSA) is 70.7 Å². The van der Waals surface area contributed by atoms with Crippen molar-refractivity contribution in [3.05, 3.63) is 0 Å². The molecule has 1 saturated heterocycles. The second-order valence-corrected chi connectivity index (χ2v) is 6.16. The smallest absolute Gasteiger partial charge is 0.410 e. The molecule has 0 bridgehead atoms. The van der Waals surface area contributed by atoms with Gasteiger partial charge in [-0.15, -0.1) is 0 Å². The summed E-state index contributed by atoms with van der Waals surface area (Å²) in [6.07, 6.45) is 1.77. The van der Waals surface area contributed by atoms with Crippen LogP contribution >= 0.6 is 0 Å². The highest BCUT2D eigenvalue weighted by molar-refractivity contribution is 5.72. The van der Waals surface area contributed by atoms with Crippen LogP contribution in [0.25, 0.3) is 0 Å². The van der Waals surface area contributed by atoms with E-state index in [0.717, 1.165) is 25.9 Å². The van der Waals surface area contributed by atoms with E-state index in [0.29, 0.717) is 13.1 Å². The molecule has 1 aliphatic rings. The Morgan fingerprint density at radius 2 is 2.00 bits per heavy atom. The molecule has 0 aromatic carbocycles. The maximum absolute atomic E-state index is 12.1. The Morgan fingerprint density at radius 3 is 2.60 bits per heavy atom. The maximum atomic E-state index is 12.1. The summed E-state index contributed by atoms with van der Waals surface area (Å²) >= 11 is 0. The van der Waals surface area contributed by atoms with Gasteiger partial charge < -0.3 is 20.3 Å². The van der Waals surface area contributed by atoms with Crippen molar-refractivity contribution in [2.75, 3.05) is 26.2 Å². The zero-order valence-corrected chi connectivity index (χ0v) is 13.0. The van der Waals surface area contributed by atoms with E-state index < -0.39 is 5.60 Å². The lowest BCUT2D eigenvalue weighted by molar-refractivity contribution is -0.118. The van der Waals surface area contributed by atoms with E-state index in [1.54, 1.807) is 4.90 Å². The molecule has 6 nitrogen and oxygen atoms in total. The zero-order valence-electron chi connectivity index (χ0n) is 13.0. The van der Waals surface area contributed by atoms with Crippen LogP contribution in [-0.2, 0) is 9.53 Å². The molecule has 0 aromatic rings. The third-order valence-corrected chi connectivity index (χ3v) is 3.06. The number of nitrogens with zero attached hydrogens (tertiary/aromatic N) is 1. The fraction of sp³-hybridized carbons (Fsp3) is 0.857. The third kappa shape index (κ3) is 6.23. The Bertz CT molecular complexity index is 339. The summed E-state index contributed by atoms with van der Waals surface area (Å²) in [7, 11) is 0. The number of hydrogen-bond donors (Lipinski definition) is 2. The fourth-order valence-corrected chi connectivity index (χ4v) is 2.20. The molecule has 0 saturated carbocycles. The molecule has 116 valence electrons. The molecule has 1 rings (SSSR count). The van der Waals surface area contributed by atoms with Gasteiger partial charge in [0.05, 0.1) is 0 Å². The predicted octanol–water partition coefficient (Wildman–Crippen LogP) is 1.11. The summed E-state index contributed by atoms with van der Waals surface area (Å²) in [5, 5.41) is 6.00. The minimum atomic E-state index is -0.455. The van der Waals surface area contributed by atoms with Crippen LogP contribution in [0.5, 0.6) is 0 Å². The van der Waals surface area contributed by atoms with Gasteiger partial charge in [0.2, 0.25) is 5.91 Å². The molecule has 0 aromatic heterocycles. The molecule has 0 aliphatic carbocycles. The van der Waals surface area contributed by atoms with Crippen molar-refractivity contribution in [3.63, 3.8) is 0 Å². The quantitative estimate of drug-likeness (QED) is 0.742. The lowest BCUT2D eigenvalue weighted by Crippen LogP contribution is -2.45. The second-order valence-electron chi connectivity index (χ2n) is 6.16. The number of rotatable bonds is 5. The van der Waals surface area contributed by atoms with Crippen LogP contribution in [0.15, 0.2) is 0 Å². The summed E-state index contributed by atoms with van der Waals surface area (Å²) in [4.78, 5) is 24.6. The Balaban J connectivity index is 2.30. The highest BCUT2D eigenvalue weighted by atomic mass is 16.6. The lowest BCUT2D eigenvalue weighted by Gasteiger charge is -2.28. The van der Waals surface area contributed by atoms with E-state index in [1.165, 1.54) is 6.92 Å². The third-order valence-electron chi connectivity index (χ3n) is 3.06.